The first-order valence-corrected chi connectivity index (χ1v) is 5.26. The minimum absolute atomic E-state index is 0.258. The first-order chi connectivity index (χ1) is 7.63. The zero-order chi connectivity index (χ0) is 11.6. The van der Waals surface area contributed by atoms with Gasteiger partial charge in [0.05, 0.1) is 0 Å². The smallest absolute Gasteiger partial charge is 0.434 e. The van der Waals surface area contributed by atoms with E-state index in [2.05, 4.69) is 0 Å². The standard InChI is InChI=1S/C10H14O6/c1-2-10(5-14-8(11)15-6-10)3-7-4-13-9(12)16-7/h7H,2-6H2,1H3. The van der Waals surface area contributed by atoms with Gasteiger partial charge in [0.15, 0.2) is 0 Å². The summed E-state index contributed by atoms with van der Waals surface area (Å²) in [7, 11) is 0. The summed E-state index contributed by atoms with van der Waals surface area (Å²) in [5, 5.41) is 0. The van der Waals surface area contributed by atoms with E-state index >= 15 is 0 Å². The Labute approximate surface area is 92.8 Å². The van der Waals surface area contributed by atoms with Crippen molar-refractivity contribution in [2.45, 2.75) is 25.9 Å². The van der Waals surface area contributed by atoms with Gasteiger partial charge in [-0.2, -0.15) is 0 Å². The molecular weight excluding hydrogens is 216 g/mol. The third-order valence-electron chi connectivity index (χ3n) is 3.05. The molecule has 0 saturated carbocycles. The van der Waals surface area contributed by atoms with E-state index in [9.17, 15) is 9.59 Å². The molecule has 0 spiro atoms. The van der Waals surface area contributed by atoms with Crippen molar-refractivity contribution in [1.82, 2.24) is 0 Å². The summed E-state index contributed by atoms with van der Waals surface area (Å²) in [5.41, 5.74) is -0.271. The van der Waals surface area contributed by atoms with Gasteiger partial charge >= 0.3 is 12.3 Å². The van der Waals surface area contributed by atoms with Crippen LogP contribution in [0.25, 0.3) is 0 Å². The molecular formula is C10H14O6. The Morgan fingerprint density at radius 3 is 2.38 bits per heavy atom. The lowest BCUT2D eigenvalue weighted by atomic mass is 9.81. The fourth-order valence-corrected chi connectivity index (χ4v) is 1.92. The van der Waals surface area contributed by atoms with Crippen LogP contribution in [0.1, 0.15) is 19.8 Å². The van der Waals surface area contributed by atoms with Gasteiger partial charge in [0.2, 0.25) is 0 Å². The minimum atomic E-state index is -0.635. The molecule has 6 heteroatoms. The summed E-state index contributed by atoms with van der Waals surface area (Å²) in [5.74, 6) is 0. The van der Waals surface area contributed by atoms with E-state index in [1.165, 1.54) is 0 Å². The molecule has 0 radical (unpaired) electrons. The van der Waals surface area contributed by atoms with Crippen LogP contribution < -0.4 is 0 Å². The molecule has 2 saturated heterocycles. The Morgan fingerprint density at radius 1 is 1.19 bits per heavy atom. The van der Waals surface area contributed by atoms with E-state index in [0.29, 0.717) is 19.6 Å². The lowest BCUT2D eigenvalue weighted by Gasteiger charge is -2.35. The fourth-order valence-electron chi connectivity index (χ4n) is 1.92. The van der Waals surface area contributed by atoms with E-state index in [-0.39, 0.29) is 18.1 Å². The van der Waals surface area contributed by atoms with Gasteiger partial charge in [-0.1, -0.05) is 6.92 Å². The Balaban J connectivity index is 1.94. The van der Waals surface area contributed by atoms with Crippen LogP contribution in [-0.4, -0.2) is 38.2 Å². The zero-order valence-electron chi connectivity index (χ0n) is 9.06. The molecule has 0 aromatic rings. The van der Waals surface area contributed by atoms with Crippen LogP contribution >= 0.6 is 0 Å². The van der Waals surface area contributed by atoms with Gasteiger partial charge in [-0.05, 0) is 6.42 Å². The summed E-state index contributed by atoms with van der Waals surface area (Å²) in [6.45, 7) is 2.85. The summed E-state index contributed by atoms with van der Waals surface area (Å²) >= 11 is 0. The van der Waals surface area contributed by atoms with Crippen LogP contribution in [0.2, 0.25) is 0 Å². The van der Waals surface area contributed by atoms with E-state index in [1.807, 2.05) is 6.92 Å². The molecule has 0 aromatic carbocycles. The van der Waals surface area contributed by atoms with Gasteiger partial charge < -0.3 is 18.9 Å². The van der Waals surface area contributed by atoms with Gasteiger partial charge in [-0.25, -0.2) is 9.59 Å². The molecule has 2 aliphatic rings. The van der Waals surface area contributed by atoms with Gasteiger partial charge in [-0.3, -0.25) is 0 Å². The highest BCUT2D eigenvalue weighted by Crippen LogP contribution is 2.34. The molecule has 0 bridgehead atoms. The molecule has 90 valence electrons. The second-order valence-corrected chi connectivity index (χ2v) is 4.19. The van der Waals surface area contributed by atoms with Gasteiger partial charge in [0.1, 0.15) is 25.9 Å². The number of hydrogen-bond donors (Lipinski definition) is 0. The fraction of sp³-hybridized carbons (Fsp3) is 0.800. The van der Waals surface area contributed by atoms with Crippen molar-refractivity contribution in [3.8, 4) is 0 Å². The van der Waals surface area contributed by atoms with E-state index in [4.69, 9.17) is 18.9 Å². The molecule has 0 aliphatic carbocycles. The van der Waals surface area contributed by atoms with Crippen molar-refractivity contribution in [1.29, 1.82) is 0 Å². The highest BCUT2D eigenvalue weighted by atomic mass is 16.8. The summed E-state index contributed by atoms with van der Waals surface area (Å²) in [4.78, 5) is 21.6. The molecule has 2 aliphatic heterocycles. The number of hydrogen-bond acceptors (Lipinski definition) is 6. The molecule has 0 amide bonds. The van der Waals surface area contributed by atoms with Crippen molar-refractivity contribution in [2.24, 2.45) is 5.41 Å². The average Bonchev–Trinajstić information content (AvgIpc) is 2.68. The van der Waals surface area contributed by atoms with Gasteiger partial charge in [0, 0.05) is 11.8 Å². The van der Waals surface area contributed by atoms with E-state index < -0.39 is 12.3 Å². The Hall–Kier alpha value is -1.46. The van der Waals surface area contributed by atoms with Crippen LogP contribution in [0.5, 0.6) is 0 Å². The quantitative estimate of drug-likeness (QED) is 0.684. The molecule has 2 heterocycles. The number of carbonyl (C=O) groups excluding carboxylic acids is 2. The maximum absolute atomic E-state index is 10.8. The van der Waals surface area contributed by atoms with Crippen molar-refractivity contribution in [3.63, 3.8) is 0 Å². The SMILES string of the molecule is CCC1(CC2COC(=O)O2)COC(=O)OC1. The molecule has 16 heavy (non-hydrogen) atoms. The maximum Gasteiger partial charge on any atom is 0.508 e. The van der Waals surface area contributed by atoms with Crippen LogP contribution in [0, 0.1) is 5.41 Å². The molecule has 0 aromatic heterocycles. The number of ether oxygens (including phenoxy) is 4. The first kappa shape index (κ1) is 11.0. The predicted molar refractivity (Wildman–Crippen MR) is 50.9 cm³/mol. The van der Waals surface area contributed by atoms with Crippen molar-refractivity contribution in [3.05, 3.63) is 0 Å². The van der Waals surface area contributed by atoms with Crippen molar-refractivity contribution >= 4 is 12.3 Å². The number of cyclic esters (lactones) is 4. The number of carbonyl (C=O) groups is 2. The highest BCUT2D eigenvalue weighted by molar-refractivity contribution is 5.62. The normalized spacial score (nSPS) is 27.7. The van der Waals surface area contributed by atoms with E-state index in [1.54, 1.807) is 0 Å². The van der Waals surface area contributed by atoms with Crippen LogP contribution in [0.15, 0.2) is 0 Å². The second-order valence-electron chi connectivity index (χ2n) is 4.19. The van der Waals surface area contributed by atoms with Crippen LogP contribution in [0.3, 0.4) is 0 Å². The van der Waals surface area contributed by atoms with Crippen molar-refractivity contribution in [2.75, 3.05) is 19.8 Å². The highest BCUT2D eigenvalue weighted by Gasteiger charge is 2.41. The zero-order valence-corrected chi connectivity index (χ0v) is 9.06. The molecule has 0 N–H and O–H groups in total. The third kappa shape index (κ3) is 2.20. The molecule has 1 atom stereocenters. The van der Waals surface area contributed by atoms with Gasteiger partial charge in [-0.15, -0.1) is 0 Å². The Kier molecular flexibility index (Phi) is 2.89. The topological polar surface area (TPSA) is 71.1 Å². The first-order valence-electron chi connectivity index (χ1n) is 5.26. The monoisotopic (exact) mass is 230 g/mol. The summed E-state index contributed by atoms with van der Waals surface area (Å²) < 4.78 is 19.4. The molecule has 2 fully saturated rings. The maximum atomic E-state index is 10.8. The average molecular weight is 230 g/mol. The Bertz CT molecular complexity index is 290. The van der Waals surface area contributed by atoms with Gasteiger partial charge in [0.25, 0.3) is 0 Å². The largest absolute Gasteiger partial charge is 0.508 e. The lowest BCUT2D eigenvalue weighted by molar-refractivity contribution is -0.0763. The minimum Gasteiger partial charge on any atom is -0.434 e. The second kappa shape index (κ2) is 4.19. The predicted octanol–water partition coefficient (Wildman–Crippen LogP) is 1.48. The molecule has 6 nitrogen and oxygen atoms in total. The number of rotatable bonds is 3. The third-order valence-corrected chi connectivity index (χ3v) is 3.05. The van der Waals surface area contributed by atoms with E-state index in [0.717, 1.165) is 6.42 Å². The summed E-state index contributed by atoms with van der Waals surface area (Å²) in [6, 6.07) is 0. The van der Waals surface area contributed by atoms with Crippen LogP contribution in [0.4, 0.5) is 9.59 Å². The van der Waals surface area contributed by atoms with Crippen LogP contribution in [-0.2, 0) is 18.9 Å². The molecule has 1 unspecified atom stereocenters. The lowest BCUT2D eigenvalue weighted by Crippen LogP contribution is -2.41. The van der Waals surface area contributed by atoms with Crippen molar-refractivity contribution < 1.29 is 28.5 Å². The molecule has 2 rings (SSSR count). The Morgan fingerprint density at radius 2 is 1.88 bits per heavy atom. The summed E-state index contributed by atoms with van der Waals surface area (Å²) in [6.07, 6.45) is -0.168.